The lowest BCUT2D eigenvalue weighted by atomic mass is 10.1. The third-order valence-corrected chi connectivity index (χ3v) is 3.56. The Morgan fingerprint density at radius 3 is 2.25 bits per heavy atom. The van der Waals surface area contributed by atoms with E-state index in [2.05, 4.69) is 5.10 Å². The molecule has 2 aromatic carbocycles. The van der Waals surface area contributed by atoms with Crippen molar-refractivity contribution in [1.29, 1.82) is 0 Å². The number of hydrazone groups is 1. The third-order valence-electron chi connectivity index (χ3n) is 3.34. The first-order chi connectivity index (χ1) is 11.4. The summed E-state index contributed by atoms with van der Waals surface area (Å²) in [6, 6.07) is 8.26. The van der Waals surface area contributed by atoms with E-state index < -0.39 is 28.2 Å². The molecule has 0 unspecified atom stereocenters. The van der Waals surface area contributed by atoms with Crippen molar-refractivity contribution in [2.45, 2.75) is 0 Å². The van der Waals surface area contributed by atoms with Gasteiger partial charge in [0, 0.05) is 11.1 Å². The van der Waals surface area contributed by atoms with Crippen molar-refractivity contribution < 1.29 is 19.6 Å². The fraction of sp³-hybridized carbons (Fsp3) is 0. The van der Waals surface area contributed by atoms with E-state index in [-0.39, 0.29) is 21.7 Å². The van der Waals surface area contributed by atoms with Crippen LogP contribution < -0.4 is 5.11 Å². The van der Waals surface area contributed by atoms with Crippen LogP contribution in [0.1, 0.15) is 26.3 Å². The number of hydrogen-bond acceptors (Lipinski definition) is 6. The highest BCUT2D eigenvalue weighted by Gasteiger charge is 2.35. The first-order valence-electron chi connectivity index (χ1n) is 6.57. The Labute approximate surface area is 139 Å². The summed E-state index contributed by atoms with van der Waals surface area (Å²) >= 11 is 5.74. The molecule has 8 nitrogen and oxygen atoms in total. The minimum atomic E-state index is -0.912. The molecule has 0 spiro atoms. The van der Waals surface area contributed by atoms with Crippen molar-refractivity contribution in [3.63, 3.8) is 0 Å². The molecule has 0 aromatic heterocycles. The summed E-state index contributed by atoms with van der Waals surface area (Å²) in [6.07, 6.45) is 0.906. The molecule has 0 radical (unpaired) electrons. The highest BCUT2D eigenvalue weighted by atomic mass is 35.5. The molecule has 1 heterocycles. The molecule has 120 valence electrons. The zero-order valence-electron chi connectivity index (χ0n) is 11.8. The van der Waals surface area contributed by atoms with Gasteiger partial charge in [0.15, 0.2) is 0 Å². The van der Waals surface area contributed by atoms with Crippen LogP contribution in [-0.4, -0.2) is 28.0 Å². The number of fused-ring (bicyclic) bond motifs is 1. The van der Waals surface area contributed by atoms with Crippen molar-refractivity contribution >= 4 is 35.3 Å². The maximum absolute atomic E-state index is 12.1. The topological polar surface area (TPSA) is 116 Å². The molecule has 0 N–H and O–H groups in total. The summed E-state index contributed by atoms with van der Waals surface area (Å²) in [5, 5.41) is 27.0. The van der Waals surface area contributed by atoms with Crippen LogP contribution in [0.15, 0.2) is 41.5 Å². The van der Waals surface area contributed by atoms with Gasteiger partial charge < -0.3 is 5.11 Å². The van der Waals surface area contributed by atoms with Gasteiger partial charge in [0.2, 0.25) is 0 Å². The van der Waals surface area contributed by atoms with E-state index in [9.17, 15) is 24.8 Å². The lowest BCUT2D eigenvalue weighted by Crippen LogP contribution is -2.24. The van der Waals surface area contributed by atoms with Crippen LogP contribution in [0.3, 0.4) is 0 Å². The second-order valence-corrected chi connectivity index (χ2v) is 5.25. The molecule has 0 saturated carbocycles. The normalized spacial score (nSPS) is 13.6. The molecule has 0 atom stereocenters. The van der Waals surface area contributed by atoms with Crippen molar-refractivity contribution in [2.24, 2.45) is 5.10 Å². The van der Waals surface area contributed by atoms with Crippen LogP contribution in [0.2, 0.25) is 5.02 Å². The van der Waals surface area contributed by atoms with Crippen LogP contribution in [0, 0.1) is 10.1 Å². The number of carbonyl (C=O) groups is 2. The SMILES string of the molecule is O=C1c2ccccc2C(=O)N1/N=C\c1cc(Cl)cc([N+](=O)[O-])c1[O-]. The summed E-state index contributed by atoms with van der Waals surface area (Å²) in [6.45, 7) is 0. The van der Waals surface area contributed by atoms with Crippen molar-refractivity contribution in [3.05, 3.63) is 68.2 Å². The number of nitro groups is 1. The highest BCUT2D eigenvalue weighted by molar-refractivity contribution is 6.31. The first-order valence-corrected chi connectivity index (χ1v) is 6.94. The predicted octanol–water partition coefficient (Wildman–Crippen LogP) is 1.95. The molecule has 2 amide bonds. The van der Waals surface area contributed by atoms with Crippen LogP contribution in [0.5, 0.6) is 5.75 Å². The number of amides is 2. The van der Waals surface area contributed by atoms with E-state index in [0.29, 0.717) is 5.01 Å². The molecule has 0 saturated heterocycles. The Hall–Kier alpha value is -3.26. The lowest BCUT2D eigenvalue weighted by molar-refractivity contribution is -0.398. The molecule has 9 heteroatoms. The van der Waals surface area contributed by atoms with E-state index in [1.807, 2.05) is 0 Å². The summed E-state index contributed by atoms with van der Waals surface area (Å²) in [5.74, 6) is -2.20. The average Bonchev–Trinajstić information content (AvgIpc) is 2.79. The number of benzene rings is 2. The second kappa shape index (κ2) is 5.74. The highest BCUT2D eigenvalue weighted by Crippen LogP contribution is 2.30. The van der Waals surface area contributed by atoms with Crippen LogP contribution in [0.25, 0.3) is 0 Å². The fourth-order valence-electron chi connectivity index (χ4n) is 2.23. The molecule has 24 heavy (non-hydrogen) atoms. The van der Waals surface area contributed by atoms with Crippen LogP contribution >= 0.6 is 11.6 Å². The first kappa shape index (κ1) is 15.6. The molecule has 0 bridgehead atoms. The maximum Gasteiger partial charge on any atom is 0.282 e. The standard InChI is InChI=1S/C15H8ClN3O5/c16-9-5-8(13(20)12(6-9)19(23)24)7-17-18-14(21)10-3-1-2-4-11(10)15(18)22/h1-7,20H/p-1/b17-7-. The number of nitro benzene ring substituents is 1. The van der Waals surface area contributed by atoms with E-state index in [1.54, 1.807) is 12.1 Å². The summed E-state index contributed by atoms with van der Waals surface area (Å²) in [7, 11) is 0. The molecule has 1 aliphatic rings. The van der Waals surface area contributed by atoms with E-state index in [4.69, 9.17) is 11.6 Å². The minimum Gasteiger partial charge on any atom is -0.867 e. The van der Waals surface area contributed by atoms with Gasteiger partial charge in [-0.05, 0) is 29.5 Å². The molecule has 1 aliphatic heterocycles. The number of hydrogen-bond donors (Lipinski definition) is 0. The summed E-state index contributed by atoms with van der Waals surface area (Å²) in [4.78, 5) is 34.2. The minimum absolute atomic E-state index is 0.0369. The van der Waals surface area contributed by atoms with Gasteiger partial charge in [0.1, 0.15) is 0 Å². The monoisotopic (exact) mass is 344 g/mol. The maximum atomic E-state index is 12.1. The van der Waals surface area contributed by atoms with Gasteiger partial charge in [-0.15, -0.1) is 0 Å². The smallest absolute Gasteiger partial charge is 0.282 e. The molecule has 0 aliphatic carbocycles. The van der Waals surface area contributed by atoms with Gasteiger partial charge in [-0.3, -0.25) is 19.7 Å². The molecule has 3 rings (SSSR count). The Morgan fingerprint density at radius 1 is 1.12 bits per heavy atom. The number of carbonyl (C=O) groups excluding carboxylic acids is 2. The molecule has 0 fully saturated rings. The van der Waals surface area contributed by atoms with Crippen molar-refractivity contribution in [3.8, 4) is 5.75 Å². The third kappa shape index (κ3) is 2.48. The zero-order valence-corrected chi connectivity index (χ0v) is 12.6. The van der Waals surface area contributed by atoms with Gasteiger partial charge in [-0.25, -0.2) is 0 Å². The van der Waals surface area contributed by atoms with Gasteiger partial charge in [-0.1, -0.05) is 23.7 Å². The number of halogens is 1. The summed E-state index contributed by atoms with van der Waals surface area (Å²) in [5.41, 5.74) is -0.532. The number of imide groups is 1. The Kier molecular flexibility index (Phi) is 3.74. The van der Waals surface area contributed by atoms with Gasteiger partial charge in [0.25, 0.3) is 17.5 Å². The predicted molar refractivity (Wildman–Crippen MR) is 82.1 cm³/mol. The van der Waals surface area contributed by atoms with Crippen LogP contribution in [0.4, 0.5) is 5.69 Å². The van der Waals surface area contributed by atoms with Gasteiger partial charge >= 0.3 is 0 Å². The molecular weight excluding hydrogens is 338 g/mol. The number of rotatable bonds is 3. The fourth-order valence-corrected chi connectivity index (χ4v) is 2.45. The van der Waals surface area contributed by atoms with Crippen LogP contribution in [-0.2, 0) is 0 Å². The van der Waals surface area contributed by atoms with Crippen molar-refractivity contribution in [1.82, 2.24) is 5.01 Å². The van der Waals surface area contributed by atoms with Crippen molar-refractivity contribution in [2.75, 3.05) is 0 Å². The zero-order chi connectivity index (χ0) is 17.4. The molecule has 2 aromatic rings. The molecular formula is C15H7ClN3O5-. The lowest BCUT2D eigenvalue weighted by Gasteiger charge is -2.12. The van der Waals surface area contributed by atoms with E-state index in [0.717, 1.165) is 12.3 Å². The Balaban J connectivity index is 1.97. The summed E-state index contributed by atoms with van der Waals surface area (Å²) < 4.78 is 0. The largest absolute Gasteiger partial charge is 0.867 e. The number of nitrogens with zero attached hydrogens (tertiary/aromatic N) is 3. The quantitative estimate of drug-likeness (QED) is 0.365. The van der Waals surface area contributed by atoms with Gasteiger partial charge in [0.05, 0.1) is 22.3 Å². The van der Waals surface area contributed by atoms with E-state index >= 15 is 0 Å². The average molecular weight is 345 g/mol. The van der Waals surface area contributed by atoms with E-state index in [1.165, 1.54) is 18.2 Å². The Bertz CT molecular complexity index is 890. The second-order valence-electron chi connectivity index (χ2n) is 4.81. The Morgan fingerprint density at radius 2 is 1.71 bits per heavy atom. The van der Waals surface area contributed by atoms with Gasteiger partial charge in [-0.2, -0.15) is 10.1 Å².